The van der Waals surface area contributed by atoms with E-state index in [-0.39, 0.29) is 11.5 Å². The molecule has 1 amide bonds. The maximum Gasteiger partial charge on any atom is 0.251 e. The number of carbonyl (C=O) groups is 1. The summed E-state index contributed by atoms with van der Waals surface area (Å²) in [6.07, 6.45) is 0.867. The number of hydrogen-bond donors (Lipinski definition) is 2. The van der Waals surface area contributed by atoms with Crippen molar-refractivity contribution in [2.75, 3.05) is 6.54 Å². The summed E-state index contributed by atoms with van der Waals surface area (Å²) in [5, 5.41) is 3.93. The Balaban J connectivity index is 1.64. The molecule has 0 unspecified atom stereocenters. The first-order valence-electron chi connectivity index (χ1n) is 8.88. The molecule has 0 aliphatic carbocycles. The van der Waals surface area contributed by atoms with Crippen LogP contribution in [0.25, 0.3) is 10.9 Å². The van der Waals surface area contributed by atoms with E-state index in [0.717, 1.165) is 27.6 Å². The van der Waals surface area contributed by atoms with Crippen LogP contribution >= 0.6 is 0 Å². The van der Waals surface area contributed by atoms with Crippen molar-refractivity contribution in [3.63, 3.8) is 0 Å². The Hall–Kier alpha value is -2.88. The molecule has 0 fully saturated rings. The zero-order chi connectivity index (χ0) is 18.7. The molecule has 1 heterocycles. The van der Waals surface area contributed by atoms with Crippen LogP contribution in [-0.2, 0) is 17.6 Å². The fraction of sp³-hybridized carbons (Fsp3) is 0.273. The minimum atomic E-state index is -0.0892. The van der Waals surface area contributed by atoms with E-state index in [9.17, 15) is 9.59 Å². The quantitative estimate of drug-likeness (QED) is 0.743. The number of aromatic amines is 1. The van der Waals surface area contributed by atoms with Gasteiger partial charge in [0.05, 0.1) is 6.42 Å². The normalized spacial score (nSPS) is 10.9. The summed E-state index contributed by atoms with van der Waals surface area (Å²) < 4.78 is 0. The van der Waals surface area contributed by atoms with E-state index in [0.29, 0.717) is 24.9 Å². The first-order valence-corrected chi connectivity index (χ1v) is 8.88. The number of aromatic nitrogens is 1. The molecule has 0 atom stereocenters. The highest BCUT2D eigenvalue weighted by molar-refractivity contribution is 5.81. The Morgan fingerprint density at radius 3 is 2.58 bits per heavy atom. The number of hydrogen-bond acceptors (Lipinski definition) is 2. The molecule has 0 aliphatic heterocycles. The van der Waals surface area contributed by atoms with E-state index in [1.54, 1.807) is 0 Å². The average Bonchev–Trinajstić information content (AvgIpc) is 2.57. The highest BCUT2D eigenvalue weighted by Crippen LogP contribution is 2.17. The van der Waals surface area contributed by atoms with Crippen LogP contribution < -0.4 is 10.9 Å². The van der Waals surface area contributed by atoms with Crippen LogP contribution in [0.5, 0.6) is 0 Å². The Morgan fingerprint density at radius 1 is 1.04 bits per heavy atom. The van der Waals surface area contributed by atoms with E-state index >= 15 is 0 Å². The molecule has 1 aromatic heterocycles. The number of H-pyrrole nitrogens is 1. The number of aryl methyl sites for hydroxylation is 3. The van der Waals surface area contributed by atoms with Crippen molar-refractivity contribution in [3.8, 4) is 0 Å². The lowest BCUT2D eigenvalue weighted by Crippen LogP contribution is -2.28. The first kappa shape index (κ1) is 17.9. The molecule has 2 N–H and O–H groups in total. The van der Waals surface area contributed by atoms with E-state index < -0.39 is 0 Å². The lowest BCUT2D eigenvalue weighted by Gasteiger charge is -2.08. The Bertz CT molecular complexity index is 1020. The molecule has 0 aliphatic rings. The summed E-state index contributed by atoms with van der Waals surface area (Å²) in [7, 11) is 0. The second kappa shape index (κ2) is 7.56. The monoisotopic (exact) mass is 348 g/mol. The standard InChI is InChI=1S/C22H24N2O2/c1-14-5-4-6-17(9-14)12-21(25)23-8-7-18-13-19-10-15(2)16(3)11-20(19)24-22(18)26/h4-6,9-11,13H,7-8,12H2,1-3H3,(H,23,25)(H,24,26). The number of nitrogens with one attached hydrogen (secondary N) is 2. The first-order chi connectivity index (χ1) is 12.4. The predicted molar refractivity (Wildman–Crippen MR) is 106 cm³/mol. The fourth-order valence-electron chi connectivity index (χ4n) is 3.11. The number of benzene rings is 2. The molecular weight excluding hydrogens is 324 g/mol. The third kappa shape index (κ3) is 4.20. The fourth-order valence-corrected chi connectivity index (χ4v) is 3.11. The van der Waals surface area contributed by atoms with E-state index in [4.69, 9.17) is 0 Å². The summed E-state index contributed by atoms with van der Waals surface area (Å²) >= 11 is 0. The van der Waals surface area contributed by atoms with Gasteiger partial charge in [0.2, 0.25) is 5.91 Å². The van der Waals surface area contributed by atoms with Crippen LogP contribution in [0.15, 0.2) is 47.3 Å². The minimum Gasteiger partial charge on any atom is -0.355 e. The van der Waals surface area contributed by atoms with Crippen LogP contribution in [0.1, 0.15) is 27.8 Å². The molecule has 3 aromatic rings. The molecule has 2 aromatic carbocycles. The number of rotatable bonds is 5. The van der Waals surface area contributed by atoms with Gasteiger partial charge < -0.3 is 10.3 Å². The maximum absolute atomic E-state index is 12.3. The number of carbonyl (C=O) groups excluding carboxylic acids is 1. The number of amides is 1. The largest absolute Gasteiger partial charge is 0.355 e. The third-order valence-corrected chi connectivity index (χ3v) is 4.70. The minimum absolute atomic E-state index is 0.0284. The SMILES string of the molecule is Cc1cccc(CC(=O)NCCc2cc3cc(C)c(C)cc3[nH]c2=O)c1. The topological polar surface area (TPSA) is 62.0 Å². The van der Waals surface area contributed by atoms with Gasteiger partial charge in [0.25, 0.3) is 5.56 Å². The molecular formula is C22H24N2O2. The second-order valence-corrected chi connectivity index (χ2v) is 6.91. The summed E-state index contributed by atoms with van der Waals surface area (Å²) in [6, 6.07) is 13.9. The van der Waals surface area contributed by atoms with Gasteiger partial charge in [-0.3, -0.25) is 9.59 Å². The maximum atomic E-state index is 12.3. The summed E-state index contributed by atoms with van der Waals surface area (Å²) in [5.74, 6) is -0.0284. The van der Waals surface area contributed by atoms with Crippen molar-refractivity contribution in [3.05, 3.63) is 80.6 Å². The number of pyridine rings is 1. The van der Waals surface area contributed by atoms with Gasteiger partial charge in [-0.2, -0.15) is 0 Å². The lowest BCUT2D eigenvalue weighted by molar-refractivity contribution is -0.120. The highest BCUT2D eigenvalue weighted by Gasteiger charge is 2.07. The van der Waals surface area contributed by atoms with Crippen LogP contribution in [0.4, 0.5) is 0 Å². The molecule has 0 saturated heterocycles. The van der Waals surface area contributed by atoms with Gasteiger partial charge in [0.1, 0.15) is 0 Å². The van der Waals surface area contributed by atoms with Crippen molar-refractivity contribution in [1.82, 2.24) is 10.3 Å². The third-order valence-electron chi connectivity index (χ3n) is 4.70. The van der Waals surface area contributed by atoms with Gasteiger partial charge in [-0.25, -0.2) is 0 Å². The zero-order valence-electron chi connectivity index (χ0n) is 15.5. The molecule has 0 bridgehead atoms. The zero-order valence-corrected chi connectivity index (χ0v) is 15.5. The van der Waals surface area contributed by atoms with Gasteiger partial charge in [0, 0.05) is 17.6 Å². The van der Waals surface area contributed by atoms with Crippen molar-refractivity contribution in [1.29, 1.82) is 0 Å². The number of fused-ring (bicyclic) bond motifs is 1. The molecule has 4 heteroatoms. The van der Waals surface area contributed by atoms with Gasteiger partial charge >= 0.3 is 0 Å². The van der Waals surface area contributed by atoms with Crippen LogP contribution in [0, 0.1) is 20.8 Å². The molecule has 4 nitrogen and oxygen atoms in total. The molecule has 0 spiro atoms. The summed E-state index contributed by atoms with van der Waals surface area (Å²) in [4.78, 5) is 27.3. The Morgan fingerprint density at radius 2 is 1.81 bits per heavy atom. The average molecular weight is 348 g/mol. The summed E-state index contributed by atoms with van der Waals surface area (Å²) in [6.45, 7) is 6.55. The van der Waals surface area contributed by atoms with Crippen LogP contribution in [-0.4, -0.2) is 17.4 Å². The smallest absolute Gasteiger partial charge is 0.251 e. The Labute approximate surface area is 153 Å². The predicted octanol–water partition coefficient (Wildman–Crippen LogP) is 3.35. The van der Waals surface area contributed by atoms with Gasteiger partial charge in [-0.05, 0) is 67.5 Å². The molecule has 134 valence electrons. The van der Waals surface area contributed by atoms with E-state index in [1.165, 1.54) is 5.56 Å². The van der Waals surface area contributed by atoms with E-state index in [1.807, 2.05) is 50.2 Å². The molecule has 3 rings (SSSR count). The Kier molecular flexibility index (Phi) is 5.21. The molecule has 26 heavy (non-hydrogen) atoms. The van der Waals surface area contributed by atoms with Crippen molar-refractivity contribution >= 4 is 16.8 Å². The second-order valence-electron chi connectivity index (χ2n) is 6.91. The molecule has 0 saturated carbocycles. The van der Waals surface area contributed by atoms with Crippen molar-refractivity contribution in [2.24, 2.45) is 0 Å². The van der Waals surface area contributed by atoms with Crippen LogP contribution in [0.2, 0.25) is 0 Å². The van der Waals surface area contributed by atoms with Crippen molar-refractivity contribution < 1.29 is 4.79 Å². The summed E-state index contributed by atoms with van der Waals surface area (Å²) in [5.41, 5.74) is 5.95. The van der Waals surface area contributed by atoms with E-state index in [2.05, 4.69) is 23.3 Å². The van der Waals surface area contributed by atoms with Gasteiger partial charge in [-0.1, -0.05) is 29.8 Å². The van der Waals surface area contributed by atoms with Crippen molar-refractivity contribution in [2.45, 2.75) is 33.6 Å². The van der Waals surface area contributed by atoms with Gasteiger partial charge in [-0.15, -0.1) is 0 Å². The van der Waals surface area contributed by atoms with Crippen LogP contribution in [0.3, 0.4) is 0 Å². The van der Waals surface area contributed by atoms with Gasteiger partial charge in [0.15, 0.2) is 0 Å². The molecule has 0 radical (unpaired) electrons. The lowest BCUT2D eigenvalue weighted by atomic mass is 10.0. The highest BCUT2D eigenvalue weighted by atomic mass is 16.1.